The first-order valence-electron chi connectivity index (χ1n) is 13.5. The first kappa shape index (κ1) is 29.5. The van der Waals surface area contributed by atoms with Crippen molar-refractivity contribution in [2.45, 2.75) is 47.8 Å². The first-order valence-corrected chi connectivity index (χ1v) is 16.5. The number of pyridine rings is 1. The van der Waals surface area contributed by atoms with E-state index in [4.69, 9.17) is 4.42 Å². The molecule has 0 saturated heterocycles. The Hall–Kier alpha value is -4.00. The second-order valence-electron chi connectivity index (χ2n) is 10.2. The number of hydrogen-bond acceptors (Lipinski definition) is 8. The number of aromatic nitrogens is 1. The lowest BCUT2D eigenvalue weighted by Crippen LogP contribution is -2.29. The lowest BCUT2D eigenvalue weighted by Gasteiger charge is -2.20. The molecule has 1 fully saturated rings. The van der Waals surface area contributed by atoms with Gasteiger partial charge in [-0.15, -0.1) is 0 Å². The van der Waals surface area contributed by atoms with E-state index in [1.165, 1.54) is 42.7 Å². The molecule has 1 aliphatic rings. The molecule has 12 heteroatoms. The molecule has 2 heterocycles. The van der Waals surface area contributed by atoms with Gasteiger partial charge in [0.15, 0.2) is 0 Å². The van der Waals surface area contributed by atoms with Gasteiger partial charge in [0.1, 0.15) is 16.4 Å². The van der Waals surface area contributed by atoms with Gasteiger partial charge in [0.25, 0.3) is 10.0 Å². The van der Waals surface area contributed by atoms with E-state index >= 15 is 0 Å². The maximum Gasteiger partial charge on any atom is 0.343 e. The number of aromatic hydroxyl groups is 1. The zero-order valence-electron chi connectivity index (χ0n) is 22.8. The highest BCUT2D eigenvalue weighted by Crippen LogP contribution is 2.48. The third kappa shape index (κ3) is 6.56. The molecular weight excluding hydrogens is 578 g/mol. The minimum Gasteiger partial charge on any atom is -0.507 e. The average molecular weight is 610 g/mol. The first-order chi connectivity index (χ1) is 20.1. The summed E-state index contributed by atoms with van der Waals surface area (Å²) in [6.07, 6.45) is 4.84. The van der Waals surface area contributed by atoms with Crippen LogP contribution >= 0.6 is 0 Å². The molecule has 1 aliphatic carbocycles. The molecule has 2 atom stereocenters. The molecule has 2 unspecified atom stereocenters. The topological polar surface area (TPSA) is 156 Å². The van der Waals surface area contributed by atoms with E-state index in [1.54, 1.807) is 42.5 Å². The van der Waals surface area contributed by atoms with Crippen molar-refractivity contribution >= 4 is 25.7 Å². The van der Waals surface area contributed by atoms with Crippen molar-refractivity contribution in [1.29, 1.82) is 0 Å². The summed E-state index contributed by atoms with van der Waals surface area (Å²) in [5, 5.41) is 11.1. The van der Waals surface area contributed by atoms with Crippen molar-refractivity contribution in [3.8, 4) is 5.75 Å². The van der Waals surface area contributed by atoms with Crippen LogP contribution < -0.4 is 15.1 Å². The standard InChI is InChI=1S/C30H31N3O7S2/c1-2-20(18-32-41(36,37)24-10-4-3-5-11-24)27-17-26(34)29(30(35)40-27)28(21-13-14-21)22-8-6-9-23(16-22)33-42(38,39)25-12-7-15-31-19-25/h3-12,15-17,19-21,28,32-34H,2,13-14,18H2,1H3. The summed E-state index contributed by atoms with van der Waals surface area (Å²) in [6.45, 7) is 1.80. The number of anilines is 1. The van der Waals surface area contributed by atoms with Gasteiger partial charge < -0.3 is 9.52 Å². The van der Waals surface area contributed by atoms with E-state index in [0.717, 1.165) is 12.8 Å². The molecular formula is C30H31N3O7S2. The third-order valence-corrected chi connectivity index (χ3v) is 10.1. The summed E-state index contributed by atoms with van der Waals surface area (Å²) in [5.74, 6) is -1.03. The summed E-state index contributed by atoms with van der Waals surface area (Å²) >= 11 is 0. The molecule has 0 aliphatic heterocycles. The van der Waals surface area contributed by atoms with Crippen LogP contribution in [-0.4, -0.2) is 33.5 Å². The van der Waals surface area contributed by atoms with Gasteiger partial charge in [0.2, 0.25) is 10.0 Å². The Bertz CT molecular complexity index is 1820. The Balaban J connectivity index is 1.41. The molecule has 0 amide bonds. The molecule has 2 aromatic carbocycles. The van der Waals surface area contributed by atoms with Gasteiger partial charge in [0, 0.05) is 42.5 Å². The molecule has 5 rings (SSSR count). The number of hydrogen-bond donors (Lipinski definition) is 3. The molecule has 2 aromatic heterocycles. The van der Waals surface area contributed by atoms with Crippen LogP contribution in [0.25, 0.3) is 0 Å². The Morgan fingerprint density at radius 1 is 0.952 bits per heavy atom. The van der Waals surface area contributed by atoms with E-state index in [9.17, 15) is 26.7 Å². The van der Waals surface area contributed by atoms with Crippen LogP contribution in [0.15, 0.2) is 104 Å². The zero-order chi connectivity index (χ0) is 29.9. The highest BCUT2D eigenvalue weighted by Gasteiger charge is 2.38. The van der Waals surface area contributed by atoms with Gasteiger partial charge in [-0.3, -0.25) is 9.71 Å². The Kier molecular flexibility index (Phi) is 8.48. The molecule has 0 spiro atoms. The minimum atomic E-state index is -3.88. The van der Waals surface area contributed by atoms with Crippen LogP contribution in [0.5, 0.6) is 5.75 Å². The van der Waals surface area contributed by atoms with Crippen LogP contribution in [0.1, 0.15) is 54.9 Å². The van der Waals surface area contributed by atoms with E-state index in [-0.39, 0.29) is 39.3 Å². The van der Waals surface area contributed by atoms with Crippen molar-refractivity contribution in [2.24, 2.45) is 5.92 Å². The Morgan fingerprint density at radius 3 is 2.33 bits per heavy atom. The lowest BCUT2D eigenvalue weighted by molar-refractivity contribution is 0.379. The Morgan fingerprint density at radius 2 is 1.69 bits per heavy atom. The summed E-state index contributed by atoms with van der Waals surface area (Å²) in [5.41, 5.74) is 0.335. The fourth-order valence-corrected chi connectivity index (χ4v) is 7.07. The van der Waals surface area contributed by atoms with Crippen molar-refractivity contribution in [3.63, 3.8) is 0 Å². The largest absolute Gasteiger partial charge is 0.507 e. The van der Waals surface area contributed by atoms with Gasteiger partial charge in [-0.1, -0.05) is 37.3 Å². The molecule has 220 valence electrons. The lowest BCUT2D eigenvalue weighted by atomic mass is 9.87. The van der Waals surface area contributed by atoms with Crippen molar-refractivity contribution in [2.75, 3.05) is 11.3 Å². The SMILES string of the molecule is CCC(CNS(=O)(=O)c1ccccc1)c1cc(O)c(C(c2cccc(NS(=O)(=O)c3cccnc3)c2)C2CC2)c(=O)o1. The van der Waals surface area contributed by atoms with Crippen molar-refractivity contribution in [3.05, 3.63) is 112 Å². The normalized spacial score (nSPS) is 15.2. The maximum absolute atomic E-state index is 13.4. The fraction of sp³-hybridized carbons (Fsp3) is 0.267. The van der Waals surface area contributed by atoms with Gasteiger partial charge in [-0.25, -0.2) is 26.4 Å². The van der Waals surface area contributed by atoms with Crippen LogP contribution in [-0.2, 0) is 20.0 Å². The van der Waals surface area contributed by atoms with Gasteiger partial charge >= 0.3 is 5.63 Å². The van der Waals surface area contributed by atoms with Crippen LogP contribution in [0.3, 0.4) is 0 Å². The summed E-state index contributed by atoms with van der Waals surface area (Å²) < 4.78 is 61.9. The molecule has 42 heavy (non-hydrogen) atoms. The van der Waals surface area contributed by atoms with Gasteiger partial charge in [-0.2, -0.15) is 0 Å². The highest BCUT2D eigenvalue weighted by molar-refractivity contribution is 7.92. The second-order valence-corrected chi connectivity index (χ2v) is 13.7. The molecule has 4 aromatic rings. The fourth-order valence-electron chi connectivity index (χ4n) is 4.96. The number of sulfonamides is 2. The zero-order valence-corrected chi connectivity index (χ0v) is 24.4. The summed E-state index contributed by atoms with van der Waals surface area (Å²) in [6, 6.07) is 19.0. The van der Waals surface area contributed by atoms with E-state index in [1.807, 2.05) is 6.92 Å². The van der Waals surface area contributed by atoms with E-state index in [0.29, 0.717) is 17.7 Å². The second kappa shape index (κ2) is 12.1. The highest BCUT2D eigenvalue weighted by atomic mass is 32.2. The molecule has 0 bridgehead atoms. The smallest absolute Gasteiger partial charge is 0.343 e. The molecule has 1 saturated carbocycles. The van der Waals surface area contributed by atoms with Crippen LogP contribution in [0.4, 0.5) is 5.69 Å². The van der Waals surface area contributed by atoms with Gasteiger partial charge in [0.05, 0.1) is 10.5 Å². The molecule has 3 N–H and O–H groups in total. The van der Waals surface area contributed by atoms with E-state index in [2.05, 4.69) is 14.4 Å². The quantitative estimate of drug-likeness (QED) is 0.211. The number of rotatable bonds is 12. The van der Waals surface area contributed by atoms with Crippen molar-refractivity contribution in [1.82, 2.24) is 9.71 Å². The van der Waals surface area contributed by atoms with Crippen LogP contribution in [0, 0.1) is 5.92 Å². The Labute approximate surface area is 244 Å². The average Bonchev–Trinajstić information content (AvgIpc) is 3.81. The molecule has 0 radical (unpaired) electrons. The van der Waals surface area contributed by atoms with Crippen molar-refractivity contribution < 1.29 is 26.4 Å². The minimum absolute atomic E-state index is 0.0135. The number of nitrogens with zero attached hydrogens (tertiary/aromatic N) is 1. The number of benzene rings is 2. The predicted octanol–water partition coefficient (Wildman–Crippen LogP) is 4.56. The van der Waals surface area contributed by atoms with Crippen LogP contribution in [0.2, 0.25) is 0 Å². The number of nitrogens with one attached hydrogen (secondary N) is 2. The summed E-state index contributed by atoms with van der Waals surface area (Å²) in [4.78, 5) is 17.4. The van der Waals surface area contributed by atoms with E-state index < -0.39 is 37.5 Å². The third-order valence-electron chi connectivity index (χ3n) is 7.30. The molecule has 10 nitrogen and oxygen atoms in total. The van der Waals surface area contributed by atoms with Gasteiger partial charge in [-0.05, 0) is 67.1 Å². The summed E-state index contributed by atoms with van der Waals surface area (Å²) in [7, 11) is -7.66. The monoisotopic (exact) mass is 609 g/mol. The maximum atomic E-state index is 13.4. The predicted molar refractivity (Wildman–Crippen MR) is 157 cm³/mol.